The fraction of sp³-hybridized carbons (Fsp3) is 0.400. The van der Waals surface area contributed by atoms with Gasteiger partial charge < -0.3 is 19.2 Å². The van der Waals surface area contributed by atoms with E-state index in [1.807, 2.05) is 24.3 Å². The summed E-state index contributed by atoms with van der Waals surface area (Å²) in [5, 5.41) is 3.35. The number of hydrogen-bond acceptors (Lipinski definition) is 5. The van der Waals surface area contributed by atoms with Gasteiger partial charge in [0.1, 0.15) is 6.26 Å². The van der Waals surface area contributed by atoms with Gasteiger partial charge in [0, 0.05) is 12.5 Å². The van der Waals surface area contributed by atoms with Crippen LogP contribution in [0, 0.1) is 5.92 Å². The van der Waals surface area contributed by atoms with Gasteiger partial charge in [0.2, 0.25) is 5.89 Å². The molecule has 0 unspecified atom stereocenters. The highest BCUT2D eigenvalue weighted by Gasteiger charge is 2.31. The van der Waals surface area contributed by atoms with Crippen LogP contribution in [0.25, 0.3) is 0 Å². The Hall–Kier alpha value is -2.01. The van der Waals surface area contributed by atoms with Gasteiger partial charge in [-0.1, -0.05) is 12.1 Å². The first-order valence-corrected chi connectivity index (χ1v) is 6.78. The van der Waals surface area contributed by atoms with E-state index in [0.717, 1.165) is 25.3 Å². The number of benzene rings is 1. The highest BCUT2D eigenvalue weighted by molar-refractivity contribution is 5.39. The Kier molecular flexibility index (Phi) is 3.87. The second kappa shape index (κ2) is 5.96. The molecule has 0 aliphatic carbocycles. The second-order valence-electron chi connectivity index (χ2n) is 4.81. The molecule has 0 radical (unpaired) electrons. The van der Waals surface area contributed by atoms with Crippen molar-refractivity contribution >= 4 is 0 Å². The Labute approximate surface area is 117 Å². The molecule has 3 rings (SSSR count). The Morgan fingerprint density at radius 3 is 2.85 bits per heavy atom. The van der Waals surface area contributed by atoms with E-state index in [0.29, 0.717) is 17.6 Å². The smallest absolute Gasteiger partial charge is 0.235 e. The number of para-hydroxylation sites is 2. The Morgan fingerprint density at radius 1 is 1.35 bits per heavy atom. The van der Waals surface area contributed by atoms with E-state index in [4.69, 9.17) is 13.9 Å². The number of aromatic nitrogens is 1. The van der Waals surface area contributed by atoms with Crippen molar-refractivity contribution < 1.29 is 13.9 Å². The van der Waals surface area contributed by atoms with Crippen LogP contribution in [0.15, 0.2) is 41.1 Å². The van der Waals surface area contributed by atoms with Gasteiger partial charge in [-0.15, -0.1) is 0 Å². The molecule has 1 aliphatic heterocycles. The molecule has 5 heteroatoms. The number of nitrogens with zero attached hydrogens (tertiary/aromatic N) is 1. The lowest BCUT2D eigenvalue weighted by molar-refractivity contribution is 0.110. The molecule has 2 aromatic rings. The molecule has 1 aliphatic rings. The standard InChI is InChI=1S/C15H18N2O3/c1-18-12-4-2-3-5-13(12)20-14(11-6-7-16-10-11)15-17-8-9-19-15/h2-5,8-9,11,14,16H,6-7,10H2,1H3/t11-,14+/m1/s1. The third kappa shape index (κ3) is 2.63. The van der Waals surface area contributed by atoms with Crippen LogP contribution in [-0.2, 0) is 0 Å². The number of methoxy groups -OCH3 is 1. The van der Waals surface area contributed by atoms with E-state index < -0.39 is 0 Å². The van der Waals surface area contributed by atoms with Crippen molar-refractivity contribution in [2.24, 2.45) is 5.92 Å². The largest absolute Gasteiger partial charge is 0.493 e. The molecule has 20 heavy (non-hydrogen) atoms. The van der Waals surface area contributed by atoms with Crippen LogP contribution >= 0.6 is 0 Å². The molecule has 5 nitrogen and oxygen atoms in total. The van der Waals surface area contributed by atoms with Gasteiger partial charge >= 0.3 is 0 Å². The van der Waals surface area contributed by atoms with Crippen molar-refractivity contribution in [3.63, 3.8) is 0 Å². The SMILES string of the molecule is COc1ccccc1O[C@H](c1ncco1)[C@@H]1CCNC1. The number of nitrogens with one attached hydrogen (secondary N) is 1. The lowest BCUT2D eigenvalue weighted by atomic mass is 10.0. The van der Waals surface area contributed by atoms with Gasteiger partial charge in [0.15, 0.2) is 17.6 Å². The van der Waals surface area contributed by atoms with Crippen molar-refractivity contribution in [2.75, 3.05) is 20.2 Å². The van der Waals surface area contributed by atoms with Crippen LogP contribution in [0.3, 0.4) is 0 Å². The first-order chi connectivity index (χ1) is 9.88. The van der Waals surface area contributed by atoms with Crippen molar-refractivity contribution in [3.8, 4) is 11.5 Å². The van der Waals surface area contributed by atoms with Gasteiger partial charge in [-0.25, -0.2) is 4.98 Å². The van der Waals surface area contributed by atoms with Gasteiger partial charge in [-0.05, 0) is 25.1 Å². The molecule has 2 atom stereocenters. The van der Waals surface area contributed by atoms with E-state index in [1.165, 1.54) is 0 Å². The van der Waals surface area contributed by atoms with Crippen molar-refractivity contribution in [3.05, 3.63) is 42.6 Å². The molecule has 0 bridgehead atoms. The van der Waals surface area contributed by atoms with Crippen LogP contribution < -0.4 is 14.8 Å². The molecule has 1 N–H and O–H groups in total. The summed E-state index contributed by atoms with van der Waals surface area (Å²) in [5.74, 6) is 2.39. The highest BCUT2D eigenvalue weighted by atomic mass is 16.5. The topological polar surface area (TPSA) is 56.5 Å². The van der Waals surface area contributed by atoms with Gasteiger partial charge in [-0.3, -0.25) is 0 Å². The van der Waals surface area contributed by atoms with Crippen molar-refractivity contribution in [1.29, 1.82) is 0 Å². The molecular weight excluding hydrogens is 256 g/mol. The summed E-state index contributed by atoms with van der Waals surface area (Å²) in [7, 11) is 1.64. The first-order valence-electron chi connectivity index (χ1n) is 6.78. The minimum atomic E-state index is -0.198. The van der Waals surface area contributed by atoms with E-state index in [9.17, 15) is 0 Å². The zero-order valence-corrected chi connectivity index (χ0v) is 11.4. The molecule has 1 aromatic heterocycles. The lowest BCUT2D eigenvalue weighted by Gasteiger charge is -2.22. The normalized spacial score (nSPS) is 19.8. The molecule has 1 aromatic carbocycles. The molecule has 1 saturated heterocycles. The van der Waals surface area contributed by atoms with Gasteiger partial charge in [-0.2, -0.15) is 0 Å². The number of oxazole rings is 1. The maximum atomic E-state index is 6.14. The third-order valence-corrected chi connectivity index (χ3v) is 3.54. The quantitative estimate of drug-likeness (QED) is 0.907. The predicted molar refractivity (Wildman–Crippen MR) is 73.8 cm³/mol. The summed E-state index contributed by atoms with van der Waals surface area (Å²) in [6, 6.07) is 7.63. The Morgan fingerprint density at radius 2 is 2.20 bits per heavy atom. The molecular formula is C15H18N2O3. The summed E-state index contributed by atoms with van der Waals surface area (Å²) in [4.78, 5) is 4.25. The molecule has 0 saturated carbocycles. The fourth-order valence-electron chi connectivity index (χ4n) is 2.51. The number of ether oxygens (including phenoxy) is 2. The van der Waals surface area contributed by atoms with Crippen LogP contribution in [-0.4, -0.2) is 25.2 Å². The zero-order valence-electron chi connectivity index (χ0n) is 11.4. The van der Waals surface area contributed by atoms with E-state index >= 15 is 0 Å². The van der Waals surface area contributed by atoms with Crippen molar-refractivity contribution in [1.82, 2.24) is 10.3 Å². The Bertz CT molecular complexity index is 536. The monoisotopic (exact) mass is 274 g/mol. The summed E-state index contributed by atoms with van der Waals surface area (Å²) in [6.45, 7) is 1.90. The molecule has 106 valence electrons. The zero-order chi connectivity index (χ0) is 13.8. The maximum Gasteiger partial charge on any atom is 0.235 e. The van der Waals surface area contributed by atoms with Crippen molar-refractivity contribution in [2.45, 2.75) is 12.5 Å². The summed E-state index contributed by atoms with van der Waals surface area (Å²) in [5.41, 5.74) is 0. The van der Waals surface area contributed by atoms with E-state index in [2.05, 4.69) is 10.3 Å². The fourth-order valence-corrected chi connectivity index (χ4v) is 2.51. The predicted octanol–water partition coefficient (Wildman–Crippen LogP) is 2.41. The number of hydrogen-bond donors (Lipinski definition) is 1. The van der Waals surface area contributed by atoms with E-state index in [-0.39, 0.29) is 6.10 Å². The first kappa shape index (κ1) is 13.0. The Balaban J connectivity index is 1.86. The highest BCUT2D eigenvalue weighted by Crippen LogP contribution is 2.35. The number of rotatable bonds is 5. The van der Waals surface area contributed by atoms with Crippen LogP contribution in [0.2, 0.25) is 0 Å². The van der Waals surface area contributed by atoms with Crippen LogP contribution in [0.5, 0.6) is 11.5 Å². The van der Waals surface area contributed by atoms with Gasteiger partial charge in [0.05, 0.1) is 13.3 Å². The minimum absolute atomic E-state index is 0.198. The summed E-state index contributed by atoms with van der Waals surface area (Å²) >= 11 is 0. The summed E-state index contributed by atoms with van der Waals surface area (Å²) < 4.78 is 16.9. The minimum Gasteiger partial charge on any atom is -0.493 e. The molecule has 1 fully saturated rings. The summed E-state index contributed by atoms with van der Waals surface area (Å²) in [6.07, 6.45) is 4.07. The average molecular weight is 274 g/mol. The molecule has 0 spiro atoms. The van der Waals surface area contributed by atoms with E-state index in [1.54, 1.807) is 19.6 Å². The van der Waals surface area contributed by atoms with Gasteiger partial charge in [0.25, 0.3) is 0 Å². The second-order valence-corrected chi connectivity index (χ2v) is 4.81. The lowest BCUT2D eigenvalue weighted by Crippen LogP contribution is -2.21. The third-order valence-electron chi connectivity index (χ3n) is 3.54. The van der Waals surface area contributed by atoms with Crippen LogP contribution in [0.4, 0.5) is 0 Å². The molecule has 0 amide bonds. The maximum absolute atomic E-state index is 6.14. The average Bonchev–Trinajstić information content (AvgIpc) is 3.18. The molecule has 2 heterocycles. The van der Waals surface area contributed by atoms with Crippen LogP contribution in [0.1, 0.15) is 18.4 Å².